The van der Waals surface area contributed by atoms with Crippen LogP contribution in [0.4, 0.5) is 0 Å². The Morgan fingerprint density at radius 1 is 1.33 bits per heavy atom. The molecule has 0 saturated carbocycles. The second kappa shape index (κ2) is 6.00. The van der Waals surface area contributed by atoms with Gasteiger partial charge in [0, 0.05) is 30.1 Å². The molecule has 0 aliphatic carbocycles. The van der Waals surface area contributed by atoms with Gasteiger partial charge in [-0.15, -0.1) is 0 Å². The lowest BCUT2D eigenvalue weighted by atomic mass is 10.1. The van der Waals surface area contributed by atoms with E-state index in [1.165, 1.54) is 0 Å². The summed E-state index contributed by atoms with van der Waals surface area (Å²) in [4.78, 5) is 19.0. The Bertz CT molecular complexity index is 488. The third-order valence-corrected chi connectivity index (χ3v) is 2.73. The van der Waals surface area contributed by atoms with Crippen molar-refractivity contribution in [1.29, 1.82) is 0 Å². The summed E-state index contributed by atoms with van der Waals surface area (Å²) in [5, 5.41) is 2.89. The predicted octanol–water partition coefficient (Wildman–Crippen LogP) is 2.61. The van der Waals surface area contributed by atoms with E-state index in [2.05, 4.69) is 22.2 Å². The van der Waals surface area contributed by atoms with Gasteiger partial charge in [0.05, 0.1) is 0 Å². The molecule has 0 aliphatic rings. The van der Waals surface area contributed by atoms with Gasteiger partial charge in [-0.05, 0) is 18.6 Å². The molecule has 0 bridgehead atoms. The number of rotatable bonds is 5. The average molecular weight is 243 g/mol. The van der Waals surface area contributed by atoms with E-state index in [0.29, 0.717) is 5.56 Å². The fraction of sp³-hybridized carbons (Fsp3) is 0.286. The summed E-state index contributed by atoms with van der Waals surface area (Å²) in [5.41, 5.74) is 1.66. The molecule has 94 valence electrons. The molecule has 0 unspecified atom stereocenters. The zero-order valence-corrected chi connectivity index (χ0v) is 10.4. The van der Waals surface area contributed by atoms with E-state index < -0.39 is 0 Å². The van der Waals surface area contributed by atoms with Crippen LogP contribution in [0.5, 0.6) is 0 Å². The monoisotopic (exact) mass is 243 g/mol. The van der Waals surface area contributed by atoms with Crippen LogP contribution >= 0.6 is 0 Å². The van der Waals surface area contributed by atoms with Crippen LogP contribution in [0.2, 0.25) is 0 Å². The Labute approximate surface area is 106 Å². The first-order valence-corrected chi connectivity index (χ1v) is 6.19. The first-order chi connectivity index (χ1) is 8.81. The van der Waals surface area contributed by atoms with E-state index in [1.807, 2.05) is 24.3 Å². The van der Waals surface area contributed by atoms with Crippen LogP contribution in [-0.4, -0.2) is 22.4 Å². The molecule has 0 spiro atoms. The normalized spacial score (nSPS) is 10.3. The molecular formula is C14H17N3O. The molecule has 0 fully saturated rings. The molecule has 0 saturated heterocycles. The number of carbonyl (C=O) groups excluding carboxylic acids is 1. The van der Waals surface area contributed by atoms with E-state index in [9.17, 15) is 4.79 Å². The highest BCUT2D eigenvalue weighted by atomic mass is 16.1. The topological polar surface area (TPSA) is 57.8 Å². The lowest BCUT2D eigenvalue weighted by molar-refractivity contribution is 0.0953. The van der Waals surface area contributed by atoms with Crippen molar-refractivity contribution in [2.75, 3.05) is 6.54 Å². The minimum atomic E-state index is -0.0190. The molecule has 1 heterocycles. The number of hydrogen-bond donors (Lipinski definition) is 2. The highest BCUT2D eigenvalue weighted by Gasteiger charge is 2.05. The Hall–Kier alpha value is -2.10. The highest BCUT2D eigenvalue weighted by Crippen LogP contribution is 2.14. The van der Waals surface area contributed by atoms with Crippen LogP contribution in [0.25, 0.3) is 11.4 Å². The van der Waals surface area contributed by atoms with Crippen LogP contribution in [0.15, 0.2) is 36.7 Å². The Kier molecular flexibility index (Phi) is 4.12. The fourth-order valence-electron chi connectivity index (χ4n) is 1.68. The summed E-state index contributed by atoms with van der Waals surface area (Å²) in [6.07, 6.45) is 5.58. The quantitative estimate of drug-likeness (QED) is 0.793. The molecular weight excluding hydrogens is 226 g/mol. The van der Waals surface area contributed by atoms with Crippen molar-refractivity contribution in [2.24, 2.45) is 0 Å². The first-order valence-electron chi connectivity index (χ1n) is 6.19. The maximum Gasteiger partial charge on any atom is 0.251 e. The van der Waals surface area contributed by atoms with E-state index in [1.54, 1.807) is 12.4 Å². The number of aromatic amines is 1. The molecule has 4 heteroatoms. The number of unbranched alkanes of at least 4 members (excludes halogenated alkanes) is 1. The van der Waals surface area contributed by atoms with Gasteiger partial charge in [0.25, 0.3) is 5.91 Å². The second-order valence-corrected chi connectivity index (χ2v) is 4.12. The summed E-state index contributed by atoms with van der Waals surface area (Å²) in [5.74, 6) is 0.794. The van der Waals surface area contributed by atoms with Gasteiger partial charge in [-0.1, -0.05) is 25.5 Å². The number of imidazole rings is 1. The van der Waals surface area contributed by atoms with Gasteiger partial charge in [-0.3, -0.25) is 4.79 Å². The number of nitrogens with one attached hydrogen (secondary N) is 2. The molecule has 1 amide bonds. The molecule has 4 nitrogen and oxygen atoms in total. The maximum absolute atomic E-state index is 11.8. The van der Waals surface area contributed by atoms with E-state index in [0.717, 1.165) is 30.8 Å². The van der Waals surface area contributed by atoms with Crippen molar-refractivity contribution >= 4 is 5.91 Å². The molecule has 1 aromatic heterocycles. The zero-order chi connectivity index (χ0) is 12.8. The van der Waals surface area contributed by atoms with Gasteiger partial charge < -0.3 is 10.3 Å². The van der Waals surface area contributed by atoms with E-state index >= 15 is 0 Å². The van der Waals surface area contributed by atoms with Crippen LogP contribution < -0.4 is 5.32 Å². The smallest absolute Gasteiger partial charge is 0.251 e. The SMILES string of the molecule is CCCCNC(=O)c1ccc(-c2ncc[nH]2)cc1. The number of benzene rings is 1. The Morgan fingerprint density at radius 2 is 2.11 bits per heavy atom. The molecule has 0 atom stereocenters. The number of amides is 1. The Balaban J connectivity index is 2.01. The Morgan fingerprint density at radius 3 is 2.72 bits per heavy atom. The summed E-state index contributed by atoms with van der Waals surface area (Å²) in [7, 11) is 0. The van der Waals surface area contributed by atoms with E-state index in [-0.39, 0.29) is 5.91 Å². The standard InChI is InChI=1S/C14H17N3O/c1-2-3-8-17-14(18)12-6-4-11(5-7-12)13-15-9-10-16-13/h4-7,9-10H,2-3,8H2,1H3,(H,15,16)(H,17,18). The van der Waals surface area contributed by atoms with Crippen LogP contribution in [0, 0.1) is 0 Å². The molecule has 2 N–H and O–H groups in total. The molecule has 2 rings (SSSR count). The second-order valence-electron chi connectivity index (χ2n) is 4.12. The van der Waals surface area contributed by atoms with Crippen LogP contribution in [-0.2, 0) is 0 Å². The minimum absolute atomic E-state index is 0.0190. The van der Waals surface area contributed by atoms with E-state index in [4.69, 9.17) is 0 Å². The molecule has 2 aromatic rings. The summed E-state index contributed by atoms with van der Waals surface area (Å²) in [6.45, 7) is 2.83. The number of nitrogens with zero attached hydrogens (tertiary/aromatic N) is 1. The number of carbonyl (C=O) groups is 1. The van der Waals surface area contributed by atoms with Gasteiger partial charge >= 0.3 is 0 Å². The average Bonchev–Trinajstić information content (AvgIpc) is 2.93. The molecule has 1 aromatic carbocycles. The van der Waals surface area contributed by atoms with Crippen molar-refractivity contribution in [2.45, 2.75) is 19.8 Å². The minimum Gasteiger partial charge on any atom is -0.352 e. The van der Waals surface area contributed by atoms with Gasteiger partial charge in [0.2, 0.25) is 0 Å². The van der Waals surface area contributed by atoms with Crippen molar-refractivity contribution in [3.63, 3.8) is 0 Å². The number of H-pyrrole nitrogens is 1. The van der Waals surface area contributed by atoms with Crippen molar-refractivity contribution in [3.05, 3.63) is 42.2 Å². The summed E-state index contributed by atoms with van der Waals surface area (Å²) in [6, 6.07) is 7.43. The zero-order valence-electron chi connectivity index (χ0n) is 10.4. The van der Waals surface area contributed by atoms with Crippen LogP contribution in [0.3, 0.4) is 0 Å². The lowest BCUT2D eigenvalue weighted by Gasteiger charge is -2.04. The molecule has 0 radical (unpaired) electrons. The van der Waals surface area contributed by atoms with Gasteiger partial charge in [0.1, 0.15) is 5.82 Å². The van der Waals surface area contributed by atoms with Crippen molar-refractivity contribution in [1.82, 2.24) is 15.3 Å². The largest absolute Gasteiger partial charge is 0.352 e. The lowest BCUT2D eigenvalue weighted by Crippen LogP contribution is -2.24. The first kappa shape index (κ1) is 12.4. The van der Waals surface area contributed by atoms with Crippen molar-refractivity contribution in [3.8, 4) is 11.4 Å². The number of aromatic nitrogens is 2. The molecule has 18 heavy (non-hydrogen) atoms. The highest BCUT2D eigenvalue weighted by molar-refractivity contribution is 5.94. The van der Waals surface area contributed by atoms with Gasteiger partial charge in [0.15, 0.2) is 0 Å². The third kappa shape index (κ3) is 2.97. The summed E-state index contributed by atoms with van der Waals surface area (Å²) < 4.78 is 0. The fourth-order valence-corrected chi connectivity index (χ4v) is 1.68. The molecule has 0 aliphatic heterocycles. The number of hydrogen-bond acceptors (Lipinski definition) is 2. The third-order valence-electron chi connectivity index (χ3n) is 2.73. The van der Waals surface area contributed by atoms with Crippen LogP contribution in [0.1, 0.15) is 30.1 Å². The van der Waals surface area contributed by atoms with Gasteiger partial charge in [-0.2, -0.15) is 0 Å². The van der Waals surface area contributed by atoms with Gasteiger partial charge in [-0.25, -0.2) is 4.98 Å². The summed E-state index contributed by atoms with van der Waals surface area (Å²) >= 11 is 0. The predicted molar refractivity (Wildman–Crippen MR) is 71.3 cm³/mol. The maximum atomic E-state index is 11.8. The van der Waals surface area contributed by atoms with Crippen molar-refractivity contribution < 1.29 is 4.79 Å².